The summed E-state index contributed by atoms with van der Waals surface area (Å²) < 4.78 is 13.5. The van der Waals surface area contributed by atoms with E-state index in [9.17, 15) is 4.39 Å². The Hall–Kier alpha value is -1.05. The lowest BCUT2D eigenvalue weighted by atomic mass is 9.94. The van der Waals surface area contributed by atoms with Crippen LogP contribution in [-0.2, 0) is 0 Å². The summed E-state index contributed by atoms with van der Waals surface area (Å²) in [4.78, 5) is 0. The second-order valence-corrected chi connectivity index (χ2v) is 5.69. The Morgan fingerprint density at radius 3 is 2.11 bits per heavy atom. The van der Waals surface area contributed by atoms with E-state index in [1.807, 2.05) is 13.8 Å². The van der Waals surface area contributed by atoms with E-state index in [2.05, 4.69) is 19.1 Å². The average molecular weight is 297 g/mol. The fourth-order valence-corrected chi connectivity index (χ4v) is 3.03. The minimum atomic E-state index is -0.438. The van der Waals surface area contributed by atoms with E-state index in [-0.39, 0.29) is 10.4 Å². The van der Waals surface area contributed by atoms with Gasteiger partial charge in [-0.1, -0.05) is 35.4 Å². The highest BCUT2D eigenvalue weighted by molar-refractivity contribution is 6.30. The van der Waals surface area contributed by atoms with Gasteiger partial charge in [0, 0.05) is 0 Å². The first-order chi connectivity index (χ1) is 8.90. The van der Waals surface area contributed by atoms with Gasteiger partial charge in [0.05, 0.1) is 10.4 Å². The van der Waals surface area contributed by atoms with Gasteiger partial charge in [0.25, 0.3) is 0 Å². The van der Waals surface area contributed by atoms with Crippen LogP contribution in [-0.4, -0.2) is 0 Å². The number of benzene rings is 2. The number of alkyl halides is 1. The van der Waals surface area contributed by atoms with E-state index in [4.69, 9.17) is 23.2 Å². The molecular formula is C16H15Cl2F. The van der Waals surface area contributed by atoms with Crippen LogP contribution in [0.2, 0.25) is 5.02 Å². The maximum atomic E-state index is 13.5. The van der Waals surface area contributed by atoms with Crippen molar-refractivity contribution in [1.82, 2.24) is 0 Å². The summed E-state index contributed by atoms with van der Waals surface area (Å²) in [6.45, 7) is 6.10. The highest BCUT2D eigenvalue weighted by Gasteiger charge is 2.17. The first kappa shape index (κ1) is 14.4. The first-order valence-corrected chi connectivity index (χ1v) is 6.88. The monoisotopic (exact) mass is 296 g/mol. The fraction of sp³-hybridized carbons (Fsp3) is 0.250. The van der Waals surface area contributed by atoms with Crippen molar-refractivity contribution in [2.45, 2.75) is 26.1 Å². The summed E-state index contributed by atoms with van der Waals surface area (Å²) in [5.41, 5.74) is 5.19. The molecule has 0 N–H and O–H groups in total. The van der Waals surface area contributed by atoms with E-state index in [1.54, 1.807) is 12.1 Å². The lowest BCUT2D eigenvalue weighted by molar-refractivity contribution is 0.626. The van der Waals surface area contributed by atoms with Gasteiger partial charge in [-0.3, -0.25) is 0 Å². The molecule has 1 unspecified atom stereocenters. The van der Waals surface area contributed by atoms with Gasteiger partial charge in [-0.05, 0) is 55.2 Å². The van der Waals surface area contributed by atoms with E-state index in [0.717, 1.165) is 22.3 Å². The van der Waals surface area contributed by atoms with Crippen LogP contribution in [0.5, 0.6) is 0 Å². The average Bonchev–Trinajstić information content (AvgIpc) is 2.31. The van der Waals surface area contributed by atoms with Crippen molar-refractivity contribution >= 4 is 23.2 Å². The fourth-order valence-electron chi connectivity index (χ4n) is 2.43. The Morgan fingerprint density at radius 1 is 1.00 bits per heavy atom. The van der Waals surface area contributed by atoms with Gasteiger partial charge in [-0.2, -0.15) is 0 Å². The molecule has 0 radical (unpaired) electrons. The quantitative estimate of drug-likeness (QED) is 0.621. The summed E-state index contributed by atoms with van der Waals surface area (Å²) in [5.74, 6) is -0.438. The maximum Gasteiger partial charge on any atom is 0.142 e. The van der Waals surface area contributed by atoms with Gasteiger partial charge >= 0.3 is 0 Å². The predicted molar refractivity (Wildman–Crippen MR) is 79.8 cm³/mol. The largest absolute Gasteiger partial charge is 0.205 e. The Balaban J connectivity index is 2.49. The Morgan fingerprint density at radius 2 is 1.58 bits per heavy atom. The molecule has 0 aliphatic carbocycles. The van der Waals surface area contributed by atoms with Crippen LogP contribution in [0.3, 0.4) is 0 Å². The molecule has 2 aromatic rings. The minimum absolute atomic E-state index is 0.116. The van der Waals surface area contributed by atoms with Crippen molar-refractivity contribution in [2.75, 3.05) is 0 Å². The normalized spacial score (nSPS) is 12.5. The molecule has 0 aromatic heterocycles. The zero-order valence-electron chi connectivity index (χ0n) is 11.1. The lowest BCUT2D eigenvalue weighted by Gasteiger charge is -2.17. The molecule has 0 aliphatic rings. The van der Waals surface area contributed by atoms with Crippen LogP contribution in [0.1, 0.15) is 33.2 Å². The minimum Gasteiger partial charge on any atom is -0.205 e. The van der Waals surface area contributed by atoms with Crippen LogP contribution < -0.4 is 0 Å². The Labute approximate surface area is 123 Å². The van der Waals surface area contributed by atoms with E-state index >= 15 is 0 Å². The third-order valence-electron chi connectivity index (χ3n) is 3.23. The third kappa shape index (κ3) is 2.93. The smallest absolute Gasteiger partial charge is 0.142 e. The van der Waals surface area contributed by atoms with Crippen LogP contribution in [0, 0.1) is 26.6 Å². The van der Waals surface area contributed by atoms with Gasteiger partial charge in [-0.25, -0.2) is 4.39 Å². The number of rotatable bonds is 2. The van der Waals surface area contributed by atoms with E-state index < -0.39 is 5.82 Å². The van der Waals surface area contributed by atoms with E-state index in [1.165, 1.54) is 11.6 Å². The zero-order valence-corrected chi connectivity index (χ0v) is 12.6. The second kappa shape index (κ2) is 5.52. The molecule has 2 rings (SSSR count). The van der Waals surface area contributed by atoms with Crippen LogP contribution in [0.25, 0.3) is 0 Å². The standard InChI is InChI=1S/C16H15Cl2F/c1-9-6-10(2)15(11(3)7-9)16(18)12-4-5-13(17)14(19)8-12/h4-8,16H,1-3H3. The third-order valence-corrected chi connectivity index (χ3v) is 4.00. The molecule has 0 saturated heterocycles. The predicted octanol–water partition coefficient (Wildman–Crippen LogP) is 5.73. The van der Waals surface area contributed by atoms with Crippen LogP contribution >= 0.6 is 23.2 Å². The highest BCUT2D eigenvalue weighted by atomic mass is 35.5. The molecule has 3 heteroatoms. The molecule has 0 fully saturated rings. The lowest BCUT2D eigenvalue weighted by Crippen LogP contribution is -2.01. The summed E-state index contributed by atoms with van der Waals surface area (Å²) >= 11 is 12.2. The van der Waals surface area contributed by atoms with Gasteiger partial charge in [0.1, 0.15) is 5.82 Å². The summed E-state index contributed by atoms with van der Waals surface area (Å²) in [7, 11) is 0. The second-order valence-electron chi connectivity index (χ2n) is 4.85. The summed E-state index contributed by atoms with van der Waals surface area (Å²) in [5, 5.41) is -0.252. The Bertz CT molecular complexity index is 597. The highest BCUT2D eigenvalue weighted by Crippen LogP contribution is 2.35. The van der Waals surface area contributed by atoms with Gasteiger partial charge < -0.3 is 0 Å². The molecule has 19 heavy (non-hydrogen) atoms. The van der Waals surface area contributed by atoms with Crippen molar-refractivity contribution in [2.24, 2.45) is 0 Å². The molecule has 1 atom stereocenters. The number of hydrogen-bond acceptors (Lipinski definition) is 0. The van der Waals surface area contributed by atoms with Crippen molar-refractivity contribution in [1.29, 1.82) is 0 Å². The van der Waals surface area contributed by atoms with Crippen LogP contribution in [0.4, 0.5) is 4.39 Å². The van der Waals surface area contributed by atoms with Gasteiger partial charge in [0.2, 0.25) is 0 Å². The molecule has 0 aliphatic heterocycles. The molecule has 100 valence electrons. The molecule has 2 aromatic carbocycles. The summed E-state index contributed by atoms with van der Waals surface area (Å²) in [6, 6.07) is 8.88. The summed E-state index contributed by atoms with van der Waals surface area (Å²) in [6.07, 6.45) is 0. The van der Waals surface area contributed by atoms with Crippen molar-refractivity contribution in [3.05, 3.63) is 69.0 Å². The van der Waals surface area contributed by atoms with Crippen molar-refractivity contribution in [3.63, 3.8) is 0 Å². The molecule has 0 amide bonds. The zero-order chi connectivity index (χ0) is 14.2. The van der Waals surface area contributed by atoms with Gasteiger partial charge in [0.15, 0.2) is 0 Å². The van der Waals surface area contributed by atoms with Crippen molar-refractivity contribution in [3.8, 4) is 0 Å². The molecular weight excluding hydrogens is 282 g/mol. The first-order valence-electron chi connectivity index (χ1n) is 6.07. The molecule has 0 spiro atoms. The van der Waals surface area contributed by atoms with Crippen LogP contribution in [0.15, 0.2) is 30.3 Å². The van der Waals surface area contributed by atoms with Gasteiger partial charge in [-0.15, -0.1) is 11.6 Å². The molecule has 0 heterocycles. The molecule has 0 nitrogen and oxygen atoms in total. The molecule has 0 saturated carbocycles. The number of aryl methyl sites for hydroxylation is 3. The number of halogens is 3. The molecule has 0 bridgehead atoms. The van der Waals surface area contributed by atoms with Crippen molar-refractivity contribution < 1.29 is 4.39 Å². The van der Waals surface area contributed by atoms with E-state index in [0.29, 0.717) is 0 Å². The topological polar surface area (TPSA) is 0 Å². The number of hydrogen-bond donors (Lipinski definition) is 0. The SMILES string of the molecule is Cc1cc(C)c(C(Cl)c2ccc(Cl)c(F)c2)c(C)c1. The maximum absolute atomic E-state index is 13.5. The Kier molecular flexibility index (Phi) is 4.17.